The van der Waals surface area contributed by atoms with Crippen molar-refractivity contribution in [2.24, 2.45) is 0 Å². The molecule has 113 valence electrons. The van der Waals surface area contributed by atoms with E-state index in [4.69, 9.17) is 0 Å². The molecule has 3 nitrogen and oxygen atoms in total. The van der Waals surface area contributed by atoms with Gasteiger partial charge >= 0.3 is 0 Å². The molecule has 0 unspecified atom stereocenters. The minimum Gasteiger partial charge on any atom is -0.294 e. The fourth-order valence-electron chi connectivity index (χ4n) is 2.49. The lowest BCUT2D eigenvalue weighted by Crippen LogP contribution is -2.06. The molecule has 0 spiro atoms. The van der Waals surface area contributed by atoms with E-state index in [0.29, 0.717) is 46.7 Å². The summed E-state index contributed by atoms with van der Waals surface area (Å²) in [5, 5.41) is 1.27. The Morgan fingerprint density at radius 3 is 2.05 bits per heavy atom. The molecule has 1 radical (unpaired) electrons. The lowest BCUT2D eigenvalue weighted by Gasteiger charge is -2.11. The summed E-state index contributed by atoms with van der Waals surface area (Å²) in [7, 11) is 0. The van der Waals surface area contributed by atoms with Crippen molar-refractivity contribution in [2.45, 2.75) is 40.0 Å². The van der Waals surface area contributed by atoms with Crippen molar-refractivity contribution < 1.29 is 14.4 Å². The number of ketones is 3. The van der Waals surface area contributed by atoms with E-state index < -0.39 is 0 Å². The van der Waals surface area contributed by atoms with Crippen LogP contribution in [-0.2, 0) is 0 Å². The molecule has 0 aliphatic carbocycles. The van der Waals surface area contributed by atoms with E-state index in [1.165, 1.54) is 0 Å². The predicted octanol–water partition coefficient (Wildman–Crippen LogP) is 4.42. The van der Waals surface area contributed by atoms with Gasteiger partial charge in [0.25, 0.3) is 0 Å². The summed E-state index contributed by atoms with van der Waals surface area (Å²) in [6.45, 7) is 5.35. The monoisotopic (exact) mass is 295 g/mol. The molecule has 0 aliphatic heterocycles. The zero-order valence-corrected chi connectivity index (χ0v) is 13.2. The number of hydrogen-bond donors (Lipinski definition) is 0. The first-order valence-electron chi connectivity index (χ1n) is 7.62. The second kappa shape index (κ2) is 6.65. The zero-order chi connectivity index (χ0) is 16.3. The third kappa shape index (κ3) is 2.84. The molecule has 0 fully saturated rings. The van der Waals surface area contributed by atoms with Crippen molar-refractivity contribution in [1.29, 1.82) is 0 Å². The number of carbonyl (C=O) groups is 3. The van der Waals surface area contributed by atoms with Gasteiger partial charge in [0, 0.05) is 47.4 Å². The van der Waals surface area contributed by atoms with Gasteiger partial charge < -0.3 is 0 Å². The second-order valence-corrected chi connectivity index (χ2v) is 5.16. The molecule has 0 N–H and O–H groups in total. The number of fused-ring (bicyclic) bond motifs is 1. The molecule has 0 amide bonds. The first-order valence-corrected chi connectivity index (χ1v) is 7.62. The molecule has 0 atom stereocenters. The number of benzene rings is 2. The van der Waals surface area contributed by atoms with Gasteiger partial charge in [-0.1, -0.05) is 39.0 Å². The zero-order valence-electron chi connectivity index (χ0n) is 13.2. The van der Waals surface area contributed by atoms with Gasteiger partial charge in [-0.15, -0.1) is 0 Å². The molecular formula is C19H19O3. The Bertz CT molecular complexity index is 757. The summed E-state index contributed by atoms with van der Waals surface area (Å²) in [6.07, 6.45) is 1.06. The Labute approximate surface area is 130 Å². The maximum Gasteiger partial charge on any atom is 0.163 e. The quantitative estimate of drug-likeness (QED) is 0.741. The van der Waals surface area contributed by atoms with E-state index in [2.05, 4.69) is 6.07 Å². The summed E-state index contributed by atoms with van der Waals surface area (Å²) in [6, 6.07) is 9.97. The fourth-order valence-corrected chi connectivity index (χ4v) is 2.49. The standard InChI is InChI=1S/C19H19O3/c1-4-17(20)12-10-15-13(16(11-12)19(22)6-3)8-7-9-14(15)18(21)5-2/h7-9,11H,4-6H2,1-3H3. The highest BCUT2D eigenvalue weighted by Crippen LogP contribution is 2.26. The number of Topliss-reactive ketones (excluding diaryl/α,β-unsaturated/α-hetero) is 3. The van der Waals surface area contributed by atoms with Gasteiger partial charge in [0.05, 0.1) is 0 Å². The van der Waals surface area contributed by atoms with Crippen LogP contribution < -0.4 is 0 Å². The van der Waals surface area contributed by atoms with Crippen molar-refractivity contribution in [3.8, 4) is 0 Å². The molecule has 2 aromatic rings. The van der Waals surface area contributed by atoms with Crippen LogP contribution in [0.3, 0.4) is 0 Å². The maximum absolute atomic E-state index is 12.2. The Balaban J connectivity index is 2.85. The Kier molecular flexibility index (Phi) is 4.86. The van der Waals surface area contributed by atoms with Crippen molar-refractivity contribution in [2.75, 3.05) is 0 Å². The summed E-state index contributed by atoms with van der Waals surface area (Å²) in [4.78, 5) is 36.4. The van der Waals surface area contributed by atoms with Gasteiger partial charge in [-0.05, 0) is 11.5 Å². The third-order valence-corrected chi connectivity index (χ3v) is 3.77. The van der Waals surface area contributed by atoms with Crippen LogP contribution in [0.1, 0.15) is 71.1 Å². The minimum atomic E-state index is -0.0780. The molecule has 0 aliphatic rings. The number of carbonyl (C=O) groups excluding carboxylic acids is 3. The highest BCUT2D eigenvalue weighted by Gasteiger charge is 2.17. The average molecular weight is 295 g/mol. The Morgan fingerprint density at radius 1 is 0.864 bits per heavy atom. The Morgan fingerprint density at radius 2 is 1.45 bits per heavy atom. The number of rotatable bonds is 6. The van der Waals surface area contributed by atoms with Crippen molar-refractivity contribution in [1.82, 2.24) is 0 Å². The molecule has 0 saturated heterocycles. The smallest absolute Gasteiger partial charge is 0.163 e. The van der Waals surface area contributed by atoms with Gasteiger partial charge in [0.15, 0.2) is 17.3 Å². The van der Waals surface area contributed by atoms with E-state index in [0.717, 1.165) is 0 Å². The first kappa shape index (κ1) is 16.1. The predicted molar refractivity (Wildman–Crippen MR) is 86.6 cm³/mol. The minimum absolute atomic E-state index is 0.0159. The average Bonchev–Trinajstić information content (AvgIpc) is 2.57. The molecular weight excluding hydrogens is 276 g/mol. The van der Waals surface area contributed by atoms with Gasteiger partial charge in [0.1, 0.15) is 0 Å². The first-order chi connectivity index (χ1) is 10.5. The molecule has 3 heteroatoms. The number of hydrogen-bond acceptors (Lipinski definition) is 3. The maximum atomic E-state index is 12.2. The van der Waals surface area contributed by atoms with Gasteiger partial charge in [-0.3, -0.25) is 14.4 Å². The van der Waals surface area contributed by atoms with Crippen LogP contribution in [0.2, 0.25) is 0 Å². The van der Waals surface area contributed by atoms with Gasteiger partial charge in [-0.25, -0.2) is 0 Å². The lowest BCUT2D eigenvalue weighted by molar-refractivity contribution is 0.0976. The molecule has 0 aromatic heterocycles. The molecule has 0 bridgehead atoms. The summed E-state index contributed by atoms with van der Waals surface area (Å²) < 4.78 is 0. The topological polar surface area (TPSA) is 51.2 Å². The molecule has 2 rings (SSSR count). The summed E-state index contributed by atoms with van der Waals surface area (Å²) in [5.41, 5.74) is 1.40. The molecule has 0 heterocycles. The molecule has 2 aromatic carbocycles. The van der Waals surface area contributed by atoms with E-state index in [-0.39, 0.29) is 17.3 Å². The van der Waals surface area contributed by atoms with E-state index in [1.807, 2.05) is 0 Å². The summed E-state index contributed by atoms with van der Waals surface area (Å²) >= 11 is 0. The third-order valence-electron chi connectivity index (χ3n) is 3.77. The van der Waals surface area contributed by atoms with E-state index >= 15 is 0 Å². The van der Waals surface area contributed by atoms with Crippen LogP contribution in [0.4, 0.5) is 0 Å². The molecule has 0 saturated carbocycles. The summed E-state index contributed by atoms with van der Waals surface area (Å²) in [5.74, 6) is -0.131. The molecule has 22 heavy (non-hydrogen) atoms. The fraction of sp³-hybridized carbons (Fsp3) is 0.316. The van der Waals surface area contributed by atoms with E-state index in [1.54, 1.807) is 45.0 Å². The SMILES string of the molecule is CCC(=O)c1[c]c2c(C(=O)CC)cccc2c(C(=O)CC)c1. The Hall–Kier alpha value is -2.29. The van der Waals surface area contributed by atoms with Crippen LogP contribution in [0.25, 0.3) is 10.8 Å². The van der Waals surface area contributed by atoms with Crippen molar-refractivity contribution in [3.63, 3.8) is 0 Å². The van der Waals surface area contributed by atoms with Crippen molar-refractivity contribution in [3.05, 3.63) is 47.0 Å². The highest BCUT2D eigenvalue weighted by molar-refractivity contribution is 6.16. The van der Waals surface area contributed by atoms with E-state index in [9.17, 15) is 14.4 Å². The van der Waals surface area contributed by atoms with Crippen LogP contribution >= 0.6 is 0 Å². The van der Waals surface area contributed by atoms with Gasteiger partial charge in [0.2, 0.25) is 0 Å². The van der Waals surface area contributed by atoms with Crippen LogP contribution in [-0.4, -0.2) is 17.3 Å². The van der Waals surface area contributed by atoms with Gasteiger partial charge in [-0.2, -0.15) is 0 Å². The largest absolute Gasteiger partial charge is 0.294 e. The van der Waals surface area contributed by atoms with Crippen molar-refractivity contribution >= 4 is 28.1 Å². The lowest BCUT2D eigenvalue weighted by atomic mass is 9.91. The van der Waals surface area contributed by atoms with Crippen LogP contribution in [0.15, 0.2) is 24.3 Å². The second-order valence-electron chi connectivity index (χ2n) is 5.16. The van der Waals surface area contributed by atoms with Crippen LogP contribution in [0, 0.1) is 6.07 Å². The normalized spacial score (nSPS) is 10.7. The highest BCUT2D eigenvalue weighted by atomic mass is 16.1. The van der Waals surface area contributed by atoms with Crippen LogP contribution in [0.5, 0.6) is 0 Å².